The third kappa shape index (κ3) is 4.02. The van der Waals surface area contributed by atoms with Crippen LogP contribution in [0.4, 0.5) is 4.39 Å². The Morgan fingerprint density at radius 1 is 1.50 bits per heavy atom. The van der Waals surface area contributed by atoms with E-state index < -0.39 is 0 Å². The molecule has 110 valence electrons. The molecule has 1 aromatic rings. The van der Waals surface area contributed by atoms with E-state index in [0.717, 1.165) is 25.2 Å². The van der Waals surface area contributed by atoms with E-state index in [0.29, 0.717) is 12.6 Å². The molecule has 5 heteroatoms. The molecule has 0 saturated carbocycles. The summed E-state index contributed by atoms with van der Waals surface area (Å²) in [6.45, 7) is 7.16. The van der Waals surface area contributed by atoms with Crippen molar-refractivity contribution in [2.75, 3.05) is 26.2 Å². The summed E-state index contributed by atoms with van der Waals surface area (Å²) >= 11 is 0. The molecule has 1 fully saturated rings. The monoisotopic (exact) mass is 279 g/mol. The fourth-order valence-corrected chi connectivity index (χ4v) is 2.42. The molecule has 0 aromatic heterocycles. The van der Waals surface area contributed by atoms with Crippen LogP contribution in [0.1, 0.15) is 25.5 Å². The molecule has 4 nitrogen and oxygen atoms in total. The molecule has 1 aromatic carbocycles. The number of carbonyl (C=O) groups is 1. The summed E-state index contributed by atoms with van der Waals surface area (Å²) < 4.78 is 12.9. The summed E-state index contributed by atoms with van der Waals surface area (Å²) in [6.07, 6.45) is 0. The molecule has 0 aliphatic carbocycles. The topological polar surface area (TPSA) is 44.4 Å². The fourth-order valence-electron chi connectivity index (χ4n) is 2.42. The van der Waals surface area contributed by atoms with Crippen LogP contribution in [0.25, 0.3) is 0 Å². The maximum atomic E-state index is 12.9. The molecule has 2 atom stereocenters. The predicted octanol–water partition coefficient (Wildman–Crippen LogP) is 1.30. The highest BCUT2D eigenvalue weighted by atomic mass is 19.1. The van der Waals surface area contributed by atoms with Crippen molar-refractivity contribution in [1.82, 2.24) is 15.5 Å². The summed E-state index contributed by atoms with van der Waals surface area (Å²) in [7, 11) is 0. The highest BCUT2D eigenvalue weighted by Gasteiger charge is 2.21. The maximum Gasteiger partial charge on any atom is 0.234 e. The minimum Gasteiger partial charge on any atom is -0.348 e. The Morgan fingerprint density at radius 2 is 2.20 bits per heavy atom. The van der Waals surface area contributed by atoms with Crippen LogP contribution < -0.4 is 10.6 Å². The number of hydrogen-bond donors (Lipinski definition) is 2. The second-order valence-corrected chi connectivity index (χ2v) is 5.36. The molecule has 20 heavy (non-hydrogen) atoms. The lowest BCUT2D eigenvalue weighted by Crippen LogP contribution is -2.52. The second kappa shape index (κ2) is 6.81. The van der Waals surface area contributed by atoms with Gasteiger partial charge in [-0.1, -0.05) is 12.1 Å². The van der Waals surface area contributed by atoms with Gasteiger partial charge < -0.3 is 10.6 Å². The number of rotatable bonds is 4. The number of piperazine rings is 1. The summed E-state index contributed by atoms with van der Waals surface area (Å²) in [5, 5.41) is 6.26. The molecule has 1 aliphatic rings. The van der Waals surface area contributed by atoms with Crippen LogP contribution in [0, 0.1) is 5.82 Å². The molecule has 2 rings (SSSR count). The predicted molar refractivity (Wildman–Crippen MR) is 76.9 cm³/mol. The number of nitrogens with zero attached hydrogens (tertiary/aromatic N) is 1. The molecule has 0 bridgehead atoms. The van der Waals surface area contributed by atoms with Crippen molar-refractivity contribution in [3.63, 3.8) is 0 Å². The van der Waals surface area contributed by atoms with Crippen LogP contribution in [0.3, 0.4) is 0 Å². The van der Waals surface area contributed by atoms with Gasteiger partial charge in [-0.05, 0) is 31.5 Å². The van der Waals surface area contributed by atoms with Gasteiger partial charge in [-0.25, -0.2) is 4.39 Å². The van der Waals surface area contributed by atoms with Crippen LogP contribution in [0.5, 0.6) is 0 Å². The lowest BCUT2D eigenvalue weighted by atomic mass is 10.1. The van der Waals surface area contributed by atoms with Crippen LogP contribution in [-0.2, 0) is 4.79 Å². The average Bonchev–Trinajstić information content (AvgIpc) is 2.42. The Labute approximate surface area is 119 Å². The van der Waals surface area contributed by atoms with Crippen molar-refractivity contribution < 1.29 is 9.18 Å². The number of carbonyl (C=O) groups excluding carboxylic acids is 1. The third-order valence-corrected chi connectivity index (χ3v) is 3.73. The van der Waals surface area contributed by atoms with Gasteiger partial charge in [0.2, 0.25) is 5.91 Å². The van der Waals surface area contributed by atoms with Crippen molar-refractivity contribution in [2.45, 2.75) is 25.9 Å². The average molecular weight is 279 g/mol. The lowest BCUT2D eigenvalue weighted by Gasteiger charge is -2.33. The van der Waals surface area contributed by atoms with Gasteiger partial charge in [0.1, 0.15) is 5.82 Å². The summed E-state index contributed by atoms with van der Waals surface area (Å²) in [5.41, 5.74) is 0.910. The number of benzene rings is 1. The molecule has 0 spiro atoms. The second-order valence-electron chi connectivity index (χ2n) is 5.36. The zero-order valence-corrected chi connectivity index (χ0v) is 12.0. The van der Waals surface area contributed by atoms with Crippen molar-refractivity contribution in [3.8, 4) is 0 Å². The van der Waals surface area contributed by atoms with Crippen molar-refractivity contribution >= 4 is 5.91 Å². The first-order valence-electron chi connectivity index (χ1n) is 7.06. The van der Waals surface area contributed by atoms with Gasteiger partial charge in [0.05, 0.1) is 12.6 Å². The van der Waals surface area contributed by atoms with Crippen molar-refractivity contribution in [3.05, 3.63) is 35.6 Å². The smallest absolute Gasteiger partial charge is 0.234 e. The largest absolute Gasteiger partial charge is 0.348 e. The Kier molecular flexibility index (Phi) is 5.09. The highest BCUT2D eigenvalue weighted by molar-refractivity contribution is 5.78. The SMILES string of the molecule is CC(NC(=O)CN1CCNC[C@@H]1C)c1ccc(F)cc1. The van der Waals surface area contributed by atoms with E-state index >= 15 is 0 Å². The Hall–Kier alpha value is -1.46. The minimum atomic E-state index is -0.262. The molecule has 1 saturated heterocycles. The van der Waals surface area contributed by atoms with Crippen LogP contribution in [-0.4, -0.2) is 43.0 Å². The molecule has 1 aliphatic heterocycles. The summed E-state index contributed by atoms with van der Waals surface area (Å²) in [4.78, 5) is 14.2. The maximum absolute atomic E-state index is 12.9. The molecular formula is C15H22FN3O. The Bertz CT molecular complexity index is 449. The summed E-state index contributed by atoms with van der Waals surface area (Å²) in [6, 6.07) is 6.49. The standard InChI is InChI=1S/C15H22FN3O/c1-11-9-17-7-8-19(11)10-15(20)18-12(2)13-3-5-14(16)6-4-13/h3-6,11-12,17H,7-10H2,1-2H3,(H,18,20)/t11-,12?/m0/s1. The van der Waals surface area contributed by atoms with Crippen LogP contribution >= 0.6 is 0 Å². The number of halogens is 1. The zero-order chi connectivity index (χ0) is 14.5. The number of amides is 1. The van der Waals surface area contributed by atoms with E-state index in [1.54, 1.807) is 12.1 Å². The van der Waals surface area contributed by atoms with E-state index in [4.69, 9.17) is 0 Å². The molecule has 1 unspecified atom stereocenters. The normalized spacial score (nSPS) is 21.4. The molecule has 1 amide bonds. The van der Waals surface area contributed by atoms with E-state index in [-0.39, 0.29) is 17.8 Å². The fraction of sp³-hybridized carbons (Fsp3) is 0.533. The summed E-state index contributed by atoms with van der Waals surface area (Å²) in [5.74, 6) is -0.252. The quantitative estimate of drug-likeness (QED) is 0.873. The van der Waals surface area contributed by atoms with Crippen molar-refractivity contribution in [1.29, 1.82) is 0 Å². The van der Waals surface area contributed by atoms with Crippen molar-refractivity contribution in [2.24, 2.45) is 0 Å². The van der Waals surface area contributed by atoms with Gasteiger partial charge in [-0.2, -0.15) is 0 Å². The minimum absolute atomic E-state index is 0.00979. The number of hydrogen-bond acceptors (Lipinski definition) is 3. The molecule has 1 heterocycles. The zero-order valence-electron chi connectivity index (χ0n) is 12.0. The third-order valence-electron chi connectivity index (χ3n) is 3.73. The Morgan fingerprint density at radius 3 is 2.85 bits per heavy atom. The van der Waals surface area contributed by atoms with Gasteiger partial charge in [-0.15, -0.1) is 0 Å². The Balaban J connectivity index is 1.85. The molecule has 0 radical (unpaired) electrons. The van der Waals surface area contributed by atoms with E-state index in [9.17, 15) is 9.18 Å². The van der Waals surface area contributed by atoms with Gasteiger partial charge in [0.15, 0.2) is 0 Å². The lowest BCUT2D eigenvalue weighted by molar-refractivity contribution is -0.123. The molecular weight excluding hydrogens is 257 g/mol. The van der Waals surface area contributed by atoms with Crippen LogP contribution in [0.2, 0.25) is 0 Å². The van der Waals surface area contributed by atoms with E-state index in [1.807, 2.05) is 6.92 Å². The van der Waals surface area contributed by atoms with Gasteiger partial charge in [0.25, 0.3) is 0 Å². The first-order valence-corrected chi connectivity index (χ1v) is 7.06. The highest BCUT2D eigenvalue weighted by Crippen LogP contribution is 2.13. The first-order chi connectivity index (χ1) is 9.56. The van der Waals surface area contributed by atoms with E-state index in [2.05, 4.69) is 22.5 Å². The van der Waals surface area contributed by atoms with Crippen LogP contribution in [0.15, 0.2) is 24.3 Å². The first kappa shape index (κ1) is 14.9. The van der Waals surface area contributed by atoms with Gasteiger partial charge in [0, 0.05) is 25.7 Å². The molecule has 2 N–H and O–H groups in total. The van der Waals surface area contributed by atoms with E-state index in [1.165, 1.54) is 12.1 Å². The number of nitrogens with one attached hydrogen (secondary N) is 2. The van der Waals surface area contributed by atoms with Gasteiger partial charge in [-0.3, -0.25) is 9.69 Å². The van der Waals surface area contributed by atoms with Gasteiger partial charge >= 0.3 is 0 Å².